The van der Waals surface area contributed by atoms with Crippen molar-refractivity contribution in [2.75, 3.05) is 38.6 Å². The Hall–Kier alpha value is 0.270. The van der Waals surface area contributed by atoms with Crippen molar-refractivity contribution in [3.8, 4) is 0 Å². The van der Waals surface area contributed by atoms with Gasteiger partial charge >= 0.3 is 0 Å². The first-order valence-electron chi connectivity index (χ1n) is 6.53. The lowest BCUT2D eigenvalue weighted by molar-refractivity contribution is 0.00690. The third-order valence-corrected chi connectivity index (χ3v) is 4.19. The lowest BCUT2D eigenvalue weighted by Gasteiger charge is -2.40. The van der Waals surface area contributed by atoms with Crippen molar-refractivity contribution in [3.05, 3.63) is 0 Å². The summed E-state index contributed by atoms with van der Waals surface area (Å²) < 4.78 is 5.47. The molecule has 0 aromatic heterocycles. The molecule has 0 saturated carbocycles. The number of ether oxygens (including phenoxy) is 1. The van der Waals surface area contributed by atoms with Crippen molar-refractivity contribution in [2.45, 2.75) is 33.6 Å². The Morgan fingerprint density at radius 2 is 1.94 bits per heavy atom. The van der Waals surface area contributed by atoms with Crippen molar-refractivity contribution < 1.29 is 4.74 Å². The zero-order valence-electron chi connectivity index (χ0n) is 11.0. The predicted octanol–water partition coefficient (Wildman–Crippen LogP) is 2.69. The molecule has 1 aliphatic heterocycles. The van der Waals surface area contributed by atoms with Gasteiger partial charge < -0.3 is 9.64 Å². The molecule has 0 atom stereocenters. The van der Waals surface area contributed by atoms with Crippen LogP contribution >= 0.6 is 12.6 Å². The van der Waals surface area contributed by atoms with Crippen molar-refractivity contribution >= 4 is 12.6 Å². The fourth-order valence-corrected chi connectivity index (χ4v) is 2.88. The largest absolute Gasteiger partial charge is 0.381 e. The lowest BCUT2D eigenvalue weighted by atomic mass is 9.81. The van der Waals surface area contributed by atoms with Crippen LogP contribution in [0, 0.1) is 11.3 Å². The fourth-order valence-electron chi connectivity index (χ4n) is 2.47. The lowest BCUT2D eigenvalue weighted by Crippen LogP contribution is -2.43. The van der Waals surface area contributed by atoms with Crippen LogP contribution in [0.4, 0.5) is 0 Å². The van der Waals surface area contributed by atoms with Crippen LogP contribution in [0.3, 0.4) is 0 Å². The number of nitrogens with zero attached hydrogens (tertiary/aromatic N) is 1. The van der Waals surface area contributed by atoms with Crippen LogP contribution in [-0.4, -0.2) is 43.5 Å². The van der Waals surface area contributed by atoms with Gasteiger partial charge in [-0.2, -0.15) is 12.6 Å². The van der Waals surface area contributed by atoms with Crippen LogP contribution in [0.25, 0.3) is 0 Å². The molecule has 0 radical (unpaired) electrons. The van der Waals surface area contributed by atoms with Gasteiger partial charge in [-0.1, -0.05) is 20.8 Å². The Labute approximate surface area is 106 Å². The van der Waals surface area contributed by atoms with E-state index in [0.717, 1.165) is 31.4 Å². The summed E-state index contributed by atoms with van der Waals surface area (Å²) in [4.78, 5) is 2.58. The predicted molar refractivity (Wildman–Crippen MR) is 73.3 cm³/mol. The fraction of sp³-hybridized carbons (Fsp3) is 1.00. The molecule has 0 aliphatic carbocycles. The molecule has 1 saturated heterocycles. The SMILES string of the molecule is CCN(CC(C)C)CC1(CS)CCOCC1. The molecule has 0 spiro atoms. The van der Waals surface area contributed by atoms with Crippen LogP contribution in [0.15, 0.2) is 0 Å². The highest BCUT2D eigenvalue weighted by atomic mass is 32.1. The van der Waals surface area contributed by atoms with Gasteiger partial charge in [-0.25, -0.2) is 0 Å². The molecule has 3 heteroatoms. The molecule has 0 bridgehead atoms. The summed E-state index contributed by atoms with van der Waals surface area (Å²) in [6.07, 6.45) is 2.34. The molecule has 1 fully saturated rings. The van der Waals surface area contributed by atoms with Crippen molar-refractivity contribution in [3.63, 3.8) is 0 Å². The van der Waals surface area contributed by atoms with E-state index in [4.69, 9.17) is 4.74 Å². The highest BCUT2D eigenvalue weighted by Gasteiger charge is 2.32. The van der Waals surface area contributed by atoms with Gasteiger partial charge in [0.05, 0.1) is 0 Å². The summed E-state index contributed by atoms with van der Waals surface area (Å²) in [6, 6.07) is 0. The Balaban J connectivity index is 2.51. The Morgan fingerprint density at radius 1 is 1.31 bits per heavy atom. The summed E-state index contributed by atoms with van der Waals surface area (Å²) in [7, 11) is 0. The summed E-state index contributed by atoms with van der Waals surface area (Å²) in [5, 5.41) is 0. The number of rotatable bonds is 6. The van der Waals surface area contributed by atoms with Crippen LogP contribution in [0.5, 0.6) is 0 Å². The molecular formula is C13H27NOS. The average molecular weight is 245 g/mol. The van der Waals surface area contributed by atoms with E-state index in [1.165, 1.54) is 25.9 Å². The van der Waals surface area contributed by atoms with E-state index in [1.54, 1.807) is 0 Å². The maximum absolute atomic E-state index is 5.47. The smallest absolute Gasteiger partial charge is 0.0472 e. The summed E-state index contributed by atoms with van der Waals surface area (Å²) in [5.41, 5.74) is 0.395. The van der Waals surface area contributed by atoms with Gasteiger partial charge in [-0.3, -0.25) is 0 Å². The second-order valence-electron chi connectivity index (χ2n) is 5.49. The van der Waals surface area contributed by atoms with E-state index >= 15 is 0 Å². The second-order valence-corrected chi connectivity index (χ2v) is 5.81. The van der Waals surface area contributed by atoms with Gasteiger partial charge in [0.1, 0.15) is 0 Å². The van der Waals surface area contributed by atoms with Crippen molar-refractivity contribution in [1.82, 2.24) is 4.90 Å². The van der Waals surface area contributed by atoms with Gasteiger partial charge in [0, 0.05) is 26.3 Å². The first-order valence-corrected chi connectivity index (χ1v) is 7.16. The molecular weight excluding hydrogens is 218 g/mol. The zero-order valence-corrected chi connectivity index (χ0v) is 11.9. The van der Waals surface area contributed by atoms with E-state index in [9.17, 15) is 0 Å². The molecule has 1 rings (SSSR count). The maximum Gasteiger partial charge on any atom is 0.0472 e. The normalized spacial score (nSPS) is 20.6. The molecule has 0 amide bonds. The van der Waals surface area contributed by atoms with E-state index < -0.39 is 0 Å². The van der Waals surface area contributed by atoms with Crippen LogP contribution in [-0.2, 0) is 4.74 Å². The van der Waals surface area contributed by atoms with E-state index in [0.29, 0.717) is 5.41 Å². The van der Waals surface area contributed by atoms with Gasteiger partial charge in [-0.05, 0) is 36.5 Å². The number of hydrogen-bond acceptors (Lipinski definition) is 3. The average Bonchev–Trinajstić information content (AvgIpc) is 2.29. The molecule has 0 N–H and O–H groups in total. The molecule has 2 nitrogen and oxygen atoms in total. The third kappa shape index (κ3) is 4.27. The third-order valence-electron chi connectivity index (χ3n) is 3.52. The summed E-state index contributed by atoms with van der Waals surface area (Å²) >= 11 is 4.57. The Bertz CT molecular complexity index is 190. The second kappa shape index (κ2) is 6.87. The highest BCUT2D eigenvalue weighted by Crippen LogP contribution is 2.32. The summed E-state index contributed by atoms with van der Waals surface area (Å²) in [5.74, 6) is 1.74. The topological polar surface area (TPSA) is 12.5 Å². The Morgan fingerprint density at radius 3 is 2.38 bits per heavy atom. The number of hydrogen-bond donors (Lipinski definition) is 1. The van der Waals surface area contributed by atoms with E-state index in [2.05, 4.69) is 38.3 Å². The van der Waals surface area contributed by atoms with Gasteiger partial charge in [0.25, 0.3) is 0 Å². The standard InChI is InChI=1S/C13H27NOS/c1-4-14(9-12(2)3)10-13(11-16)5-7-15-8-6-13/h12,16H,4-11H2,1-3H3. The molecule has 0 aromatic carbocycles. The molecule has 1 heterocycles. The van der Waals surface area contributed by atoms with Crippen LogP contribution in [0.1, 0.15) is 33.6 Å². The minimum atomic E-state index is 0.395. The maximum atomic E-state index is 5.47. The first kappa shape index (κ1) is 14.3. The molecule has 0 aromatic rings. The Kier molecular flexibility index (Phi) is 6.16. The van der Waals surface area contributed by atoms with Gasteiger partial charge in [0.2, 0.25) is 0 Å². The zero-order chi connectivity index (χ0) is 12.0. The quantitative estimate of drug-likeness (QED) is 0.722. The van der Waals surface area contributed by atoms with Crippen LogP contribution < -0.4 is 0 Å². The first-order chi connectivity index (χ1) is 7.62. The van der Waals surface area contributed by atoms with E-state index in [1.807, 2.05) is 0 Å². The number of thiol groups is 1. The van der Waals surface area contributed by atoms with E-state index in [-0.39, 0.29) is 0 Å². The highest BCUT2D eigenvalue weighted by molar-refractivity contribution is 7.80. The minimum absolute atomic E-state index is 0.395. The van der Waals surface area contributed by atoms with Crippen molar-refractivity contribution in [1.29, 1.82) is 0 Å². The molecule has 96 valence electrons. The molecule has 16 heavy (non-hydrogen) atoms. The van der Waals surface area contributed by atoms with Gasteiger partial charge in [0.15, 0.2) is 0 Å². The van der Waals surface area contributed by atoms with Crippen molar-refractivity contribution in [2.24, 2.45) is 11.3 Å². The molecule has 1 aliphatic rings. The minimum Gasteiger partial charge on any atom is -0.381 e. The monoisotopic (exact) mass is 245 g/mol. The molecule has 0 unspecified atom stereocenters. The summed E-state index contributed by atoms with van der Waals surface area (Å²) in [6.45, 7) is 12.2. The van der Waals surface area contributed by atoms with Crippen LogP contribution in [0.2, 0.25) is 0 Å². The van der Waals surface area contributed by atoms with Gasteiger partial charge in [-0.15, -0.1) is 0 Å².